The minimum absolute atomic E-state index is 0.0647. The van der Waals surface area contributed by atoms with Gasteiger partial charge >= 0.3 is 0 Å². The molecule has 1 heterocycles. The molecule has 1 amide bonds. The number of rotatable bonds is 8. The van der Waals surface area contributed by atoms with Crippen molar-refractivity contribution in [2.24, 2.45) is 0 Å². The van der Waals surface area contributed by atoms with Crippen molar-refractivity contribution in [1.29, 1.82) is 0 Å². The van der Waals surface area contributed by atoms with E-state index in [1.807, 2.05) is 6.07 Å². The zero-order valence-electron chi connectivity index (χ0n) is 14.7. The number of halogens is 1. The Hall–Kier alpha value is -3.13. The summed E-state index contributed by atoms with van der Waals surface area (Å²) in [7, 11) is -3.92. The zero-order chi connectivity index (χ0) is 20.0. The van der Waals surface area contributed by atoms with Crippen LogP contribution < -0.4 is 10.1 Å². The number of amides is 1. The largest absolute Gasteiger partial charge is 0.484 e. The molecule has 0 bridgehead atoms. The fraction of sp³-hybridized carbons (Fsp3) is 0.150. The highest BCUT2D eigenvalue weighted by Gasteiger charge is 2.31. The SMILES string of the molecule is O=C(COc1ccccc1)NC[C@@H](c1ccco1)S(=O)(=O)c1ccc(F)cc1. The van der Waals surface area contributed by atoms with E-state index in [0.717, 1.165) is 12.1 Å². The van der Waals surface area contributed by atoms with E-state index >= 15 is 0 Å². The van der Waals surface area contributed by atoms with Gasteiger partial charge in [-0.2, -0.15) is 0 Å². The average Bonchev–Trinajstić information content (AvgIpc) is 3.22. The summed E-state index contributed by atoms with van der Waals surface area (Å²) in [6, 6.07) is 16.3. The van der Waals surface area contributed by atoms with Crippen LogP contribution in [0.25, 0.3) is 0 Å². The molecule has 0 fully saturated rings. The Morgan fingerprint density at radius 2 is 1.75 bits per heavy atom. The van der Waals surface area contributed by atoms with E-state index in [1.165, 1.54) is 24.5 Å². The van der Waals surface area contributed by atoms with Gasteiger partial charge in [0.05, 0.1) is 11.2 Å². The lowest BCUT2D eigenvalue weighted by atomic mass is 10.3. The van der Waals surface area contributed by atoms with E-state index in [-0.39, 0.29) is 23.8 Å². The van der Waals surface area contributed by atoms with Crippen molar-refractivity contribution in [1.82, 2.24) is 5.32 Å². The molecule has 6 nitrogen and oxygen atoms in total. The van der Waals surface area contributed by atoms with Gasteiger partial charge in [0.1, 0.15) is 22.6 Å². The van der Waals surface area contributed by atoms with Gasteiger partial charge in [-0.1, -0.05) is 18.2 Å². The van der Waals surface area contributed by atoms with Crippen LogP contribution in [0.5, 0.6) is 5.75 Å². The van der Waals surface area contributed by atoms with Gasteiger partial charge in [0.2, 0.25) is 0 Å². The third-order valence-electron chi connectivity index (χ3n) is 3.98. The Kier molecular flexibility index (Phi) is 6.10. The normalized spacial score (nSPS) is 12.3. The maximum atomic E-state index is 13.1. The smallest absolute Gasteiger partial charge is 0.257 e. The molecule has 0 saturated carbocycles. The highest BCUT2D eigenvalue weighted by molar-refractivity contribution is 7.91. The molecule has 0 aliphatic carbocycles. The fourth-order valence-electron chi connectivity index (χ4n) is 2.55. The molecule has 2 aromatic carbocycles. The number of benzene rings is 2. The van der Waals surface area contributed by atoms with Crippen LogP contribution in [0.4, 0.5) is 4.39 Å². The average molecular weight is 403 g/mol. The van der Waals surface area contributed by atoms with Crippen LogP contribution >= 0.6 is 0 Å². The Morgan fingerprint density at radius 1 is 1.04 bits per heavy atom. The van der Waals surface area contributed by atoms with Crippen molar-refractivity contribution >= 4 is 15.7 Å². The van der Waals surface area contributed by atoms with E-state index in [1.54, 1.807) is 30.3 Å². The summed E-state index contributed by atoms with van der Waals surface area (Å²) in [4.78, 5) is 12.0. The first-order chi connectivity index (χ1) is 13.5. The van der Waals surface area contributed by atoms with Crippen molar-refractivity contribution in [2.45, 2.75) is 10.1 Å². The van der Waals surface area contributed by atoms with E-state index in [2.05, 4.69) is 5.32 Å². The summed E-state index contributed by atoms with van der Waals surface area (Å²) >= 11 is 0. The van der Waals surface area contributed by atoms with Gasteiger partial charge in [-0.15, -0.1) is 0 Å². The second-order valence-electron chi connectivity index (χ2n) is 5.91. The van der Waals surface area contributed by atoms with E-state index in [0.29, 0.717) is 5.75 Å². The molecule has 0 aliphatic rings. The van der Waals surface area contributed by atoms with Gasteiger partial charge in [-0.05, 0) is 48.5 Å². The third kappa shape index (κ3) is 4.77. The number of carbonyl (C=O) groups is 1. The van der Waals surface area contributed by atoms with Gasteiger partial charge in [0.15, 0.2) is 16.4 Å². The summed E-state index contributed by atoms with van der Waals surface area (Å²) in [5.74, 6) is -0.317. The van der Waals surface area contributed by atoms with Gasteiger partial charge in [-0.3, -0.25) is 4.79 Å². The monoisotopic (exact) mass is 403 g/mol. The number of hydrogen-bond donors (Lipinski definition) is 1. The summed E-state index contributed by atoms with van der Waals surface area (Å²) in [5.41, 5.74) is 0. The number of ether oxygens (including phenoxy) is 1. The quantitative estimate of drug-likeness (QED) is 0.584. The molecule has 8 heteroatoms. The molecule has 0 unspecified atom stereocenters. The Morgan fingerprint density at radius 3 is 2.39 bits per heavy atom. The summed E-state index contributed by atoms with van der Waals surface area (Å²) in [6.07, 6.45) is 1.35. The van der Waals surface area contributed by atoms with Gasteiger partial charge in [-0.25, -0.2) is 12.8 Å². The van der Waals surface area contributed by atoms with Crippen molar-refractivity contribution in [2.75, 3.05) is 13.2 Å². The van der Waals surface area contributed by atoms with Crippen LogP contribution in [0.15, 0.2) is 82.3 Å². The summed E-state index contributed by atoms with van der Waals surface area (Å²) in [5, 5.41) is 1.39. The lowest BCUT2D eigenvalue weighted by molar-refractivity contribution is -0.123. The fourth-order valence-corrected chi connectivity index (χ4v) is 4.14. The molecule has 1 aromatic heterocycles. The summed E-state index contributed by atoms with van der Waals surface area (Å²) < 4.78 is 49.7. The maximum absolute atomic E-state index is 13.1. The van der Waals surface area contributed by atoms with Crippen LogP contribution in [-0.4, -0.2) is 27.5 Å². The number of sulfone groups is 1. The van der Waals surface area contributed by atoms with Crippen molar-refractivity contribution in [3.63, 3.8) is 0 Å². The highest BCUT2D eigenvalue weighted by Crippen LogP contribution is 2.29. The highest BCUT2D eigenvalue weighted by atomic mass is 32.2. The van der Waals surface area contributed by atoms with E-state index in [4.69, 9.17) is 9.15 Å². The molecular formula is C20H18FNO5S. The second kappa shape index (κ2) is 8.71. The van der Waals surface area contributed by atoms with Crippen LogP contribution in [0, 0.1) is 5.82 Å². The Balaban J connectivity index is 1.71. The number of hydrogen-bond acceptors (Lipinski definition) is 5. The van der Waals surface area contributed by atoms with Crippen molar-refractivity contribution in [3.8, 4) is 5.75 Å². The molecule has 0 radical (unpaired) electrons. The minimum Gasteiger partial charge on any atom is -0.484 e. The molecule has 28 heavy (non-hydrogen) atoms. The predicted molar refractivity (Wildman–Crippen MR) is 100.0 cm³/mol. The number of para-hydroxylation sites is 1. The molecule has 146 valence electrons. The third-order valence-corrected chi connectivity index (χ3v) is 6.05. The molecule has 1 N–H and O–H groups in total. The molecule has 3 rings (SSSR count). The second-order valence-corrected chi connectivity index (χ2v) is 8.04. The molecule has 3 aromatic rings. The van der Waals surface area contributed by atoms with Crippen LogP contribution in [0.1, 0.15) is 11.0 Å². The van der Waals surface area contributed by atoms with Crippen LogP contribution in [-0.2, 0) is 14.6 Å². The number of nitrogens with one attached hydrogen (secondary N) is 1. The van der Waals surface area contributed by atoms with Crippen molar-refractivity contribution in [3.05, 3.63) is 84.6 Å². The standard InChI is InChI=1S/C20H18FNO5S/c21-15-8-10-17(11-9-15)28(24,25)19(18-7-4-12-26-18)13-22-20(23)14-27-16-5-2-1-3-6-16/h1-12,19H,13-14H2,(H,22,23)/t19-/m0/s1. The Labute approximate surface area is 161 Å². The van der Waals surface area contributed by atoms with Gasteiger partial charge < -0.3 is 14.5 Å². The van der Waals surface area contributed by atoms with Gasteiger partial charge in [0, 0.05) is 6.54 Å². The predicted octanol–water partition coefficient (Wildman–Crippen LogP) is 3.13. The first-order valence-corrected chi connectivity index (χ1v) is 9.99. The Bertz CT molecular complexity index is 1000. The zero-order valence-corrected chi connectivity index (χ0v) is 15.6. The van der Waals surface area contributed by atoms with Crippen LogP contribution in [0.2, 0.25) is 0 Å². The summed E-state index contributed by atoms with van der Waals surface area (Å²) in [6.45, 7) is -0.476. The first-order valence-electron chi connectivity index (χ1n) is 8.44. The lowest BCUT2D eigenvalue weighted by Gasteiger charge is -2.17. The van der Waals surface area contributed by atoms with E-state index in [9.17, 15) is 17.6 Å². The molecule has 0 saturated heterocycles. The minimum atomic E-state index is -3.92. The number of furan rings is 1. The number of carbonyl (C=O) groups excluding carboxylic acids is 1. The molecule has 1 atom stereocenters. The first kappa shape index (κ1) is 19.6. The van der Waals surface area contributed by atoms with Crippen LogP contribution in [0.3, 0.4) is 0 Å². The maximum Gasteiger partial charge on any atom is 0.257 e. The topological polar surface area (TPSA) is 85.6 Å². The molecule has 0 aliphatic heterocycles. The molecular weight excluding hydrogens is 385 g/mol. The van der Waals surface area contributed by atoms with Crippen molar-refractivity contribution < 1.29 is 26.8 Å². The van der Waals surface area contributed by atoms with E-state index < -0.39 is 26.8 Å². The lowest BCUT2D eigenvalue weighted by Crippen LogP contribution is -2.34. The van der Waals surface area contributed by atoms with Gasteiger partial charge in [0.25, 0.3) is 5.91 Å². The molecule has 0 spiro atoms.